The maximum absolute atomic E-state index is 9.24. The van der Waals surface area contributed by atoms with Crippen LogP contribution in [-0.4, -0.2) is 11.7 Å². The molecule has 0 aliphatic heterocycles. The van der Waals surface area contributed by atoms with Crippen molar-refractivity contribution in [1.82, 2.24) is 0 Å². The molecule has 0 aromatic heterocycles. The fraction of sp³-hybridized carbons (Fsp3) is 0.917. The highest BCUT2D eigenvalue weighted by Crippen LogP contribution is 2.66. The Morgan fingerprint density at radius 2 is 1.76 bits per heavy atom. The fourth-order valence-electron chi connectivity index (χ4n) is 8.25. The molecule has 0 heterocycles. The second-order valence-electron chi connectivity index (χ2n) is 10.6. The molecule has 0 radical (unpaired) electrons. The Hall–Kier alpha value is -0.300. The van der Waals surface area contributed by atoms with E-state index in [2.05, 4.69) is 32.9 Å². The number of fused-ring (bicyclic) bond motifs is 5. The minimum absolute atomic E-state index is 0.365. The van der Waals surface area contributed by atoms with E-state index in [1.54, 1.807) is 0 Å². The van der Waals surface area contributed by atoms with Crippen LogP contribution in [0.4, 0.5) is 0 Å². The van der Waals surface area contributed by atoms with Crippen LogP contribution in [0.1, 0.15) is 85.0 Å². The quantitative estimate of drug-likeness (QED) is 0.600. The molecule has 0 saturated heterocycles. The zero-order valence-corrected chi connectivity index (χ0v) is 16.8. The predicted octanol–water partition coefficient (Wildman–Crippen LogP) is 6.22. The summed E-state index contributed by atoms with van der Waals surface area (Å²) in [5.74, 6) is 5.26. The van der Waals surface area contributed by atoms with Crippen molar-refractivity contribution in [1.29, 1.82) is 0 Å². The largest absolute Gasteiger partial charge is 0.396 e. The molecule has 4 rings (SSSR count). The molecule has 3 fully saturated rings. The molecule has 1 heteroatoms. The van der Waals surface area contributed by atoms with Gasteiger partial charge in [-0.1, -0.05) is 45.8 Å². The van der Waals surface area contributed by atoms with Gasteiger partial charge < -0.3 is 5.11 Å². The predicted molar refractivity (Wildman–Crippen MR) is 105 cm³/mol. The molecule has 0 spiro atoms. The van der Waals surface area contributed by atoms with Crippen molar-refractivity contribution in [2.75, 3.05) is 6.61 Å². The maximum atomic E-state index is 9.24. The lowest BCUT2D eigenvalue weighted by Gasteiger charge is -2.58. The molecule has 4 aliphatic rings. The van der Waals surface area contributed by atoms with Gasteiger partial charge in [-0.15, -0.1) is 0 Å². The zero-order chi connectivity index (χ0) is 17.7. The molecule has 0 bridgehead atoms. The summed E-state index contributed by atoms with van der Waals surface area (Å²) in [4.78, 5) is 0. The number of allylic oxidation sites excluding steroid dienone is 2. The number of rotatable bonds is 4. The number of hydrogen-bond donors (Lipinski definition) is 1. The third-order valence-electron chi connectivity index (χ3n) is 9.65. The summed E-state index contributed by atoms with van der Waals surface area (Å²) in [6, 6.07) is 0. The van der Waals surface area contributed by atoms with E-state index >= 15 is 0 Å². The van der Waals surface area contributed by atoms with Gasteiger partial charge in [0.05, 0.1) is 0 Å². The van der Waals surface area contributed by atoms with Crippen LogP contribution in [0.3, 0.4) is 0 Å². The standard InChI is InChI=1S/C24H40O/c1-17(7-6-16-25)20-11-12-21-19-10-9-18-8-4-5-14-23(18,2)22(19)13-15-24(20,21)3/h9-10,17-22,25H,4-8,11-16H2,1-3H3/t17-,18+,19-,20+,21-,22-,23-,24+/m0/s1. The van der Waals surface area contributed by atoms with E-state index in [-0.39, 0.29) is 0 Å². The summed E-state index contributed by atoms with van der Waals surface area (Å²) in [7, 11) is 0. The molecule has 0 aromatic carbocycles. The van der Waals surface area contributed by atoms with Crippen LogP contribution in [0, 0.1) is 46.3 Å². The van der Waals surface area contributed by atoms with Gasteiger partial charge in [-0.05, 0) is 97.7 Å². The van der Waals surface area contributed by atoms with Gasteiger partial charge in [0.25, 0.3) is 0 Å². The third-order valence-corrected chi connectivity index (χ3v) is 9.65. The SMILES string of the molecule is C[C@@H](CCCO)[C@H]1CC[C@H]2[C@@H]3C=C[C@H]4CCCC[C@]4(C)[C@H]3CC[C@]12C. The van der Waals surface area contributed by atoms with Gasteiger partial charge in [0.2, 0.25) is 0 Å². The average Bonchev–Trinajstić information content (AvgIpc) is 2.96. The van der Waals surface area contributed by atoms with Crippen LogP contribution in [0.2, 0.25) is 0 Å². The van der Waals surface area contributed by atoms with Gasteiger partial charge in [0.1, 0.15) is 0 Å². The van der Waals surface area contributed by atoms with Crippen molar-refractivity contribution < 1.29 is 5.11 Å². The lowest BCUT2D eigenvalue weighted by Crippen LogP contribution is -2.51. The number of aliphatic hydroxyl groups excluding tert-OH is 1. The smallest absolute Gasteiger partial charge is 0.0431 e. The Labute approximate surface area is 155 Å². The molecule has 142 valence electrons. The van der Waals surface area contributed by atoms with Gasteiger partial charge in [0.15, 0.2) is 0 Å². The fourth-order valence-corrected chi connectivity index (χ4v) is 8.25. The first-order valence-corrected chi connectivity index (χ1v) is 11.3. The second kappa shape index (κ2) is 6.70. The van der Waals surface area contributed by atoms with Crippen LogP contribution in [0.5, 0.6) is 0 Å². The van der Waals surface area contributed by atoms with Crippen molar-refractivity contribution in [2.45, 2.75) is 85.0 Å². The van der Waals surface area contributed by atoms with E-state index in [1.165, 1.54) is 57.8 Å². The minimum atomic E-state index is 0.365. The van der Waals surface area contributed by atoms with E-state index < -0.39 is 0 Å². The van der Waals surface area contributed by atoms with Crippen molar-refractivity contribution in [3.63, 3.8) is 0 Å². The van der Waals surface area contributed by atoms with E-state index in [1.807, 2.05) is 0 Å². The topological polar surface area (TPSA) is 20.2 Å². The maximum Gasteiger partial charge on any atom is 0.0431 e. The minimum Gasteiger partial charge on any atom is -0.396 e. The molecule has 0 aromatic rings. The van der Waals surface area contributed by atoms with Crippen LogP contribution in [-0.2, 0) is 0 Å². The molecular formula is C24H40O. The molecular weight excluding hydrogens is 304 g/mol. The van der Waals surface area contributed by atoms with Gasteiger partial charge in [-0.25, -0.2) is 0 Å². The average molecular weight is 345 g/mol. The first-order valence-electron chi connectivity index (χ1n) is 11.3. The highest BCUT2D eigenvalue weighted by Gasteiger charge is 2.58. The zero-order valence-electron chi connectivity index (χ0n) is 16.8. The van der Waals surface area contributed by atoms with E-state index in [0.29, 0.717) is 17.4 Å². The van der Waals surface area contributed by atoms with Crippen molar-refractivity contribution in [2.24, 2.45) is 46.3 Å². The molecule has 8 atom stereocenters. The van der Waals surface area contributed by atoms with Gasteiger partial charge in [-0.2, -0.15) is 0 Å². The summed E-state index contributed by atoms with van der Waals surface area (Å²) >= 11 is 0. The van der Waals surface area contributed by atoms with E-state index in [0.717, 1.165) is 41.9 Å². The first-order chi connectivity index (χ1) is 12.0. The lowest BCUT2D eigenvalue weighted by atomic mass is 9.46. The Morgan fingerprint density at radius 1 is 0.960 bits per heavy atom. The summed E-state index contributed by atoms with van der Waals surface area (Å²) in [6.07, 6.45) is 19.2. The third kappa shape index (κ3) is 2.75. The Bertz CT molecular complexity index is 510. The van der Waals surface area contributed by atoms with Crippen molar-refractivity contribution >= 4 is 0 Å². The number of aliphatic hydroxyl groups is 1. The van der Waals surface area contributed by atoms with Crippen LogP contribution in [0.25, 0.3) is 0 Å². The van der Waals surface area contributed by atoms with Gasteiger partial charge >= 0.3 is 0 Å². The number of hydrogen-bond acceptors (Lipinski definition) is 1. The Balaban J connectivity index is 1.57. The molecule has 0 unspecified atom stereocenters. The van der Waals surface area contributed by atoms with Crippen LogP contribution < -0.4 is 0 Å². The molecule has 1 N–H and O–H groups in total. The first kappa shape index (κ1) is 18.1. The molecule has 25 heavy (non-hydrogen) atoms. The highest BCUT2D eigenvalue weighted by atomic mass is 16.2. The normalized spacial score (nSPS) is 50.0. The van der Waals surface area contributed by atoms with E-state index in [4.69, 9.17) is 0 Å². The summed E-state index contributed by atoms with van der Waals surface area (Å²) in [6.45, 7) is 8.13. The van der Waals surface area contributed by atoms with Crippen LogP contribution >= 0.6 is 0 Å². The van der Waals surface area contributed by atoms with Gasteiger partial charge in [-0.3, -0.25) is 0 Å². The molecule has 1 nitrogen and oxygen atoms in total. The highest BCUT2D eigenvalue weighted by molar-refractivity contribution is 5.17. The lowest BCUT2D eigenvalue weighted by molar-refractivity contribution is -0.0645. The monoisotopic (exact) mass is 344 g/mol. The second-order valence-corrected chi connectivity index (χ2v) is 10.6. The van der Waals surface area contributed by atoms with E-state index in [9.17, 15) is 5.11 Å². The van der Waals surface area contributed by atoms with Crippen molar-refractivity contribution in [3.8, 4) is 0 Å². The van der Waals surface area contributed by atoms with Gasteiger partial charge in [0, 0.05) is 6.61 Å². The molecule has 4 aliphatic carbocycles. The molecule has 3 saturated carbocycles. The summed E-state index contributed by atoms with van der Waals surface area (Å²) in [5.41, 5.74) is 1.15. The Kier molecular flexibility index (Phi) is 4.84. The van der Waals surface area contributed by atoms with Crippen molar-refractivity contribution in [3.05, 3.63) is 12.2 Å². The molecule has 0 amide bonds. The summed E-state index contributed by atoms with van der Waals surface area (Å²) in [5, 5.41) is 9.24. The Morgan fingerprint density at radius 3 is 2.56 bits per heavy atom. The summed E-state index contributed by atoms with van der Waals surface area (Å²) < 4.78 is 0. The van der Waals surface area contributed by atoms with Crippen LogP contribution in [0.15, 0.2) is 12.2 Å².